The number of hydrogen-bond donors (Lipinski definition) is 0. The van der Waals surface area contributed by atoms with Gasteiger partial charge in [-0.05, 0) is 64.1 Å². The Morgan fingerprint density at radius 1 is 1.10 bits per heavy atom. The Morgan fingerprint density at radius 3 is 2.38 bits per heavy atom. The molecule has 1 heterocycles. The minimum absolute atomic E-state index is 0.0547. The summed E-state index contributed by atoms with van der Waals surface area (Å²) >= 11 is 1.10. The molecule has 3 rings (SSSR count). The van der Waals surface area contributed by atoms with E-state index in [0.717, 1.165) is 17.5 Å². The van der Waals surface area contributed by atoms with E-state index in [2.05, 4.69) is 11.7 Å². The number of nitrogens with zero attached hydrogens (tertiary/aromatic N) is 1. The van der Waals surface area contributed by atoms with Crippen molar-refractivity contribution in [3.63, 3.8) is 0 Å². The number of benzene rings is 2. The first kappa shape index (κ1) is 21.8. The third-order valence-corrected chi connectivity index (χ3v) is 5.88. The van der Waals surface area contributed by atoms with Gasteiger partial charge in [-0.2, -0.15) is 0 Å². The van der Waals surface area contributed by atoms with Crippen LogP contribution < -0.4 is 10.2 Å². The van der Waals surface area contributed by atoms with Crippen LogP contribution in [0.2, 0.25) is 0 Å². The summed E-state index contributed by atoms with van der Waals surface area (Å²) in [6.07, 6.45) is 0. The van der Waals surface area contributed by atoms with Gasteiger partial charge in [-0.1, -0.05) is 12.1 Å². The standard InChI is InChI=1S/C21H25BFNO4S/c1-20(2)21(3,4)28-22(27-20)15-8-10-18(24-5)19(11-15)26-13-14-7-9-16(29-25-6)12-17(14)23/h7-12H,5,13H2,1-4,6H3. The van der Waals surface area contributed by atoms with E-state index in [4.69, 9.17) is 18.2 Å². The molecule has 0 atom stereocenters. The van der Waals surface area contributed by atoms with Crippen molar-refractivity contribution < 1.29 is 22.6 Å². The van der Waals surface area contributed by atoms with E-state index in [0.29, 0.717) is 21.9 Å². The number of aliphatic imine (C=N–C) groups is 1. The maximum atomic E-state index is 14.3. The van der Waals surface area contributed by atoms with E-state index in [1.165, 1.54) is 13.2 Å². The van der Waals surface area contributed by atoms with E-state index >= 15 is 0 Å². The van der Waals surface area contributed by atoms with Gasteiger partial charge in [0.05, 0.1) is 18.3 Å². The fourth-order valence-corrected chi connectivity index (χ4v) is 3.32. The molecular weight excluding hydrogens is 392 g/mol. The SMILES string of the molecule is C=Nc1ccc(B2OC(C)(C)C(C)(C)O2)cc1OCc1ccc(SOC)cc1F. The van der Waals surface area contributed by atoms with Gasteiger partial charge in [0.1, 0.15) is 23.9 Å². The molecule has 0 saturated carbocycles. The van der Waals surface area contributed by atoms with Crippen molar-refractivity contribution in [3.8, 4) is 5.75 Å². The van der Waals surface area contributed by atoms with Gasteiger partial charge in [0.25, 0.3) is 0 Å². The van der Waals surface area contributed by atoms with Crippen LogP contribution in [0.3, 0.4) is 0 Å². The third kappa shape index (κ3) is 4.66. The van der Waals surface area contributed by atoms with Crippen molar-refractivity contribution in [1.29, 1.82) is 0 Å². The highest BCUT2D eigenvalue weighted by Crippen LogP contribution is 2.37. The van der Waals surface area contributed by atoms with Crippen LogP contribution in [0.5, 0.6) is 5.75 Å². The Labute approximate surface area is 176 Å². The monoisotopic (exact) mass is 417 g/mol. The van der Waals surface area contributed by atoms with Crippen molar-refractivity contribution in [2.75, 3.05) is 7.11 Å². The zero-order chi connectivity index (χ0) is 21.2. The topological polar surface area (TPSA) is 49.3 Å². The summed E-state index contributed by atoms with van der Waals surface area (Å²) in [5, 5.41) is 0. The number of hydrogen-bond acceptors (Lipinski definition) is 6. The number of ether oxygens (including phenoxy) is 1. The van der Waals surface area contributed by atoms with Gasteiger partial charge < -0.3 is 18.2 Å². The normalized spacial score (nSPS) is 17.4. The van der Waals surface area contributed by atoms with E-state index in [9.17, 15) is 4.39 Å². The first-order valence-electron chi connectivity index (χ1n) is 9.25. The zero-order valence-corrected chi connectivity index (χ0v) is 18.1. The molecule has 1 aliphatic rings. The van der Waals surface area contributed by atoms with Gasteiger partial charge in [-0.15, -0.1) is 0 Å². The van der Waals surface area contributed by atoms with E-state index in [-0.39, 0.29) is 12.4 Å². The highest BCUT2D eigenvalue weighted by atomic mass is 32.2. The van der Waals surface area contributed by atoms with Crippen molar-refractivity contribution in [1.82, 2.24) is 0 Å². The van der Waals surface area contributed by atoms with Gasteiger partial charge in [0, 0.05) is 22.5 Å². The maximum Gasteiger partial charge on any atom is 0.494 e. The van der Waals surface area contributed by atoms with Crippen molar-refractivity contribution in [2.45, 2.75) is 50.4 Å². The largest absolute Gasteiger partial charge is 0.494 e. The van der Waals surface area contributed by atoms with Crippen LogP contribution >= 0.6 is 12.0 Å². The Bertz CT molecular complexity index is 890. The first-order chi connectivity index (χ1) is 13.7. The lowest BCUT2D eigenvalue weighted by atomic mass is 9.79. The Hall–Kier alpha value is -1.87. The van der Waals surface area contributed by atoms with Gasteiger partial charge in [-0.25, -0.2) is 4.39 Å². The fraction of sp³-hybridized carbons (Fsp3) is 0.381. The lowest BCUT2D eigenvalue weighted by molar-refractivity contribution is 0.00578. The van der Waals surface area contributed by atoms with Crippen LogP contribution in [0.25, 0.3) is 0 Å². The molecule has 0 N–H and O–H groups in total. The minimum atomic E-state index is -0.525. The molecule has 2 aromatic rings. The second-order valence-electron chi connectivity index (χ2n) is 7.77. The smallest absolute Gasteiger partial charge is 0.487 e. The summed E-state index contributed by atoms with van der Waals surface area (Å²) in [5.41, 5.74) is 0.912. The molecule has 5 nitrogen and oxygen atoms in total. The molecule has 0 amide bonds. The van der Waals surface area contributed by atoms with Gasteiger partial charge in [0.15, 0.2) is 0 Å². The third-order valence-electron chi connectivity index (χ3n) is 5.27. The number of rotatable bonds is 7. The summed E-state index contributed by atoms with van der Waals surface area (Å²) < 4.78 is 37.4. The number of halogens is 1. The highest BCUT2D eigenvalue weighted by Gasteiger charge is 2.51. The fourth-order valence-electron chi connectivity index (χ4n) is 2.85. The van der Waals surface area contributed by atoms with Crippen molar-refractivity contribution in [3.05, 3.63) is 47.8 Å². The molecule has 0 aliphatic carbocycles. The minimum Gasteiger partial charge on any atom is -0.487 e. The summed E-state index contributed by atoms with van der Waals surface area (Å²) in [5.74, 6) is 0.129. The van der Waals surface area contributed by atoms with Crippen LogP contribution in [0, 0.1) is 5.82 Å². The molecule has 154 valence electrons. The Morgan fingerprint density at radius 2 is 1.79 bits per heavy atom. The molecule has 1 saturated heterocycles. The summed E-state index contributed by atoms with van der Waals surface area (Å²) in [6.45, 7) is 11.6. The molecular formula is C21H25BFNO4S. The van der Waals surface area contributed by atoms with Crippen LogP contribution in [-0.4, -0.2) is 32.1 Å². The lowest BCUT2D eigenvalue weighted by Crippen LogP contribution is -2.41. The molecule has 2 aromatic carbocycles. The van der Waals surface area contributed by atoms with Crippen LogP contribution in [0.15, 0.2) is 46.3 Å². The predicted molar refractivity (Wildman–Crippen MR) is 115 cm³/mol. The molecule has 29 heavy (non-hydrogen) atoms. The summed E-state index contributed by atoms with van der Waals surface area (Å²) in [6, 6.07) is 10.3. The Balaban J connectivity index is 1.79. The molecule has 1 fully saturated rings. The average Bonchev–Trinajstić information content (AvgIpc) is 2.88. The van der Waals surface area contributed by atoms with Crippen LogP contribution in [0.4, 0.5) is 10.1 Å². The molecule has 0 radical (unpaired) electrons. The lowest BCUT2D eigenvalue weighted by Gasteiger charge is -2.32. The molecule has 1 aliphatic heterocycles. The maximum absolute atomic E-state index is 14.3. The quantitative estimate of drug-likeness (QED) is 0.372. The van der Waals surface area contributed by atoms with Crippen LogP contribution in [-0.2, 0) is 20.1 Å². The second kappa shape index (κ2) is 8.48. The zero-order valence-electron chi connectivity index (χ0n) is 17.3. The van der Waals surface area contributed by atoms with E-state index < -0.39 is 18.3 Å². The summed E-state index contributed by atoms with van der Waals surface area (Å²) in [4.78, 5) is 4.68. The summed E-state index contributed by atoms with van der Waals surface area (Å²) in [7, 11) is 1.01. The predicted octanol–water partition coefficient (Wildman–Crippen LogP) is 4.69. The molecule has 8 heteroatoms. The Kier molecular flexibility index (Phi) is 6.38. The van der Waals surface area contributed by atoms with E-state index in [1.807, 2.05) is 33.8 Å². The van der Waals surface area contributed by atoms with Crippen molar-refractivity contribution >= 4 is 37.0 Å². The molecule has 0 bridgehead atoms. The molecule has 0 aromatic heterocycles. The van der Waals surface area contributed by atoms with Crippen molar-refractivity contribution in [2.24, 2.45) is 4.99 Å². The van der Waals surface area contributed by atoms with Gasteiger partial charge in [-0.3, -0.25) is 4.99 Å². The van der Waals surface area contributed by atoms with Gasteiger partial charge in [0.2, 0.25) is 0 Å². The van der Waals surface area contributed by atoms with Gasteiger partial charge >= 0.3 is 7.12 Å². The second-order valence-corrected chi connectivity index (χ2v) is 8.74. The molecule has 0 unspecified atom stereocenters. The highest BCUT2D eigenvalue weighted by molar-refractivity contribution is 7.94. The van der Waals surface area contributed by atoms with Crippen LogP contribution in [0.1, 0.15) is 33.3 Å². The first-order valence-corrected chi connectivity index (χ1v) is 9.99. The van der Waals surface area contributed by atoms with E-state index in [1.54, 1.807) is 24.3 Å². The average molecular weight is 417 g/mol. The molecule has 0 spiro atoms.